The fraction of sp³-hybridized carbons (Fsp3) is 0.562. The average Bonchev–Trinajstić information content (AvgIpc) is 2.41. The SMILES string of the molecule is CC(C)(C)OC(=O)Nc1ccc(F)c(NC2CCNCC2)c1. The van der Waals surface area contributed by atoms with Crippen molar-refractivity contribution in [1.82, 2.24) is 5.32 Å². The number of carbonyl (C=O) groups is 1. The molecular formula is C16H24FN3O2. The number of benzene rings is 1. The van der Waals surface area contributed by atoms with Crippen LogP contribution in [0.3, 0.4) is 0 Å². The molecule has 1 saturated heterocycles. The highest BCUT2D eigenvalue weighted by molar-refractivity contribution is 5.85. The lowest BCUT2D eigenvalue weighted by Gasteiger charge is -2.25. The smallest absolute Gasteiger partial charge is 0.412 e. The van der Waals surface area contributed by atoms with Gasteiger partial charge in [0.25, 0.3) is 0 Å². The van der Waals surface area contributed by atoms with E-state index in [2.05, 4.69) is 16.0 Å². The van der Waals surface area contributed by atoms with Crippen LogP contribution in [0.4, 0.5) is 20.6 Å². The summed E-state index contributed by atoms with van der Waals surface area (Å²) in [7, 11) is 0. The van der Waals surface area contributed by atoms with Gasteiger partial charge in [-0.2, -0.15) is 0 Å². The third-order valence-electron chi connectivity index (χ3n) is 3.31. The maximum absolute atomic E-state index is 13.9. The third kappa shape index (κ3) is 5.18. The minimum atomic E-state index is -0.569. The molecule has 1 aliphatic heterocycles. The number of halogens is 1. The van der Waals surface area contributed by atoms with Crippen molar-refractivity contribution in [1.29, 1.82) is 0 Å². The lowest BCUT2D eigenvalue weighted by molar-refractivity contribution is 0.0636. The fourth-order valence-electron chi connectivity index (χ4n) is 2.32. The Labute approximate surface area is 130 Å². The summed E-state index contributed by atoms with van der Waals surface area (Å²) < 4.78 is 19.1. The highest BCUT2D eigenvalue weighted by atomic mass is 19.1. The highest BCUT2D eigenvalue weighted by Gasteiger charge is 2.18. The van der Waals surface area contributed by atoms with Crippen molar-refractivity contribution in [3.63, 3.8) is 0 Å². The average molecular weight is 309 g/mol. The molecule has 2 rings (SSSR count). The summed E-state index contributed by atoms with van der Waals surface area (Å²) in [6.07, 6.45) is 1.35. The fourth-order valence-corrected chi connectivity index (χ4v) is 2.32. The summed E-state index contributed by atoms with van der Waals surface area (Å²) in [6, 6.07) is 4.71. The molecule has 0 saturated carbocycles. The molecule has 122 valence electrons. The molecule has 1 aromatic carbocycles. The lowest BCUT2D eigenvalue weighted by atomic mass is 10.1. The van der Waals surface area contributed by atoms with Gasteiger partial charge in [-0.1, -0.05) is 0 Å². The van der Waals surface area contributed by atoms with Crippen LogP contribution in [0.2, 0.25) is 0 Å². The van der Waals surface area contributed by atoms with Crippen molar-refractivity contribution in [2.24, 2.45) is 0 Å². The number of carbonyl (C=O) groups excluding carboxylic acids is 1. The Morgan fingerprint density at radius 1 is 1.32 bits per heavy atom. The van der Waals surface area contributed by atoms with Gasteiger partial charge in [0.2, 0.25) is 0 Å². The van der Waals surface area contributed by atoms with Gasteiger partial charge in [-0.3, -0.25) is 5.32 Å². The van der Waals surface area contributed by atoms with E-state index in [9.17, 15) is 9.18 Å². The maximum atomic E-state index is 13.9. The van der Waals surface area contributed by atoms with E-state index in [1.807, 2.05) is 0 Å². The first-order valence-electron chi connectivity index (χ1n) is 7.60. The van der Waals surface area contributed by atoms with Crippen LogP contribution < -0.4 is 16.0 Å². The summed E-state index contributed by atoms with van der Waals surface area (Å²) in [5.41, 5.74) is 0.341. The first-order chi connectivity index (χ1) is 10.3. The minimum Gasteiger partial charge on any atom is -0.444 e. The third-order valence-corrected chi connectivity index (χ3v) is 3.31. The van der Waals surface area contributed by atoms with E-state index in [-0.39, 0.29) is 11.9 Å². The summed E-state index contributed by atoms with van der Waals surface area (Å²) in [6.45, 7) is 7.23. The van der Waals surface area contributed by atoms with E-state index in [1.165, 1.54) is 12.1 Å². The first-order valence-corrected chi connectivity index (χ1v) is 7.60. The lowest BCUT2D eigenvalue weighted by Crippen LogP contribution is -2.35. The number of hydrogen-bond acceptors (Lipinski definition) is 4. The van der Waals surface area contributed by atoms with Crippen molar-refractivity contribution in [2.75, 3.05) is 23.7 Å². The maximum Gasteiger partial charge on any atom is 0.412 e. The molecule has 0 spiro atoms. The minimum absolute atomic E-state index is 0.243. The van der Waals surface area contributed by atoms with Gasteiger partial charge in [-0.05, 0) is 64.9 Å². The predicted octanol–water partition coefficient (Wildman–Crippen LogP) is 3.34. The van der Waals surface area contributed by atoms with Gasteiger partial charge >= 0.3 is 6.09 Å². The van der Waals surface area contributed by atoms with Crippen molar-refractivity contribution >= 4 is 17.5 Å². The number of ether oxygens (including phenoxy) is 1. The van der Waals surface area contributed by atoms with Crippen LogP contribution in [0.25, 0.3) is 0 Å². The zero-order valence-corrected chi connectivity index (χ0v) is 13.3. The molecular weight excluding hydrogens is 285 g/mol. The summed E-state index contributed by atoms with van der Waals surface area (Å²) >= 11 is 0. The molecule has 0 unspecified atom stereocenters. The van der Waals surface area contributed by atoms with Crippen LogP contribution in [0, 0.1) is 5.82 Å². The van der Waals surface area contributed by atoms with Crippen LogP contribution in [-0.2, 0) is 4.74 Å². The van der Waals surface area contributed by atoms with Crippen LogP contribution in [0.1, 0.15) is 33.6 Å². The zero-order chi connectivity index (χ0) is 16.2. The van der Waals surface area contributed by atoms with E-state index in [0.29, 0.717) is 11.4 Å². The number of amides is 1. The Morgan fingerprint density at radius 2 is 2.00 bits per heavy atom. The van der Waals surface area contributed by atoms with E-state index in [1.54, 1.807) is 26.8 Å². The Balaban J connectivity index is 2.01. The van der Waals surface area contributed by atoms with Gasteiger partial charge < -0.3 is 15.4 Å². The number of anilines is 2. The Hall–Kier alpha value is -1.82. The standard InChI is InChI=1S/C16H24FN3O2/c1-16(2,3)22-15(21)20-12-4-5-13(17)14(10-12)19-11-6-8-18-9-7-11/h4-5,10-11,18-19H,6-9H2,1-3H3,(H,20,21). The van der Waals surface area contributed by atoms with E-state index >= 15 is 0 Å². The molecule has 1 amide bonds. The summed E-state index contributed by atoms with van der Waals surface area (Å²) in [5, 5.41) is 9.09. The molecule has 1 fully saturated rings. The van der Waals surface area contributed by atoms with Crippen LogP contribution in [0.5, 0.6) is 0 Å². The Bertz CT molecular complexity index is 523. The largest absolute Gasteiger partial charge is 0.444 e. The second kappa shape index (κ2) is 6.96. The summed E-state index contributed by atoms with van der Waals surface area (Å²) in [4.78, 5) is 11.8. The molecule has 6 heteroatoms. The number of hydrogen-bond donors (Lipinski definition) is 3. The number of nitrogens with one attached hydrogen (secondary N) is 3. The molecule has 1 heterocycles. The van der Waals surface area contributed by atoms with E-state index in [0.717, 1.165) is 25.9 Å². The van der Waals surface area contributed by atoms with Gasteiger partial charge in [0.05, 0.1) is 5.69 Å². The molecule has 1 aliphatic rings. The monoisotopic (exact) mass is 309 g/mol. The molecule has 3 N–H and O–H groups in total. The number of rotatable bonds is 3. The molecule has 0 radical (unpaired) electrons. The zero-order valence-electron chi connectivity index (χ0n) is 13.3. The van der Waals surface area contributed by atoms with Gasteiger partial charge in [0.15, 0.2) is 0 Å². The van der Waals surface area contributed by atoms with Gasteiger partial charge in [-0.25, -0.2) is 9.18 Å². The van der Waals surface area contributed by atoms with E-state index in [4.69, 9.17) is 4.74 Å². The molecule has 0 aromatic heterocycles. The quantitative estimate of drug-likeness (QED) is 0.801. The van der Waals surface area contributed by atoms with Crippen LogP contribution >= 0.6 is 0 Å². The molecule has 0 bridgehead atoms. The first kappa shape index (κ1) is 16.5. The predicted molar refractivity (Wildman–Crippen MR) is 85.8 cm³/mol. The summed E-state index contributed by atoms with van der Waals surface area (Å²) in [5.74, 6) is -0.326. The van der Waals surface area contributed by atoms with Gasteiger partial charge in [-0.15, -0.1) is 0 Å². The van der Waals surface area contributed by atoms with Crippen LogP contribution in [-0.4, -0.2) is 30.8 Å². The van der Waals surface area contributed by atoms with Crippen molar-refractivity contribution < 1.29 is 13.9 Å². The van der Waals surface area contributed by atoms with Gasteiger partial charge in [0, 0.05) is 11.7 Å². The van der Waals surface area contributed by atoms with Crippen molar-refractivity contribution in [2.45, 2.75) is 45.3 Å². The molecule has 22 heavy (non-hydrogen) atoms. The topological polar surface area (TPSA) is 62.4 Å². The second-order valence-electron chi connectivity index (χ2n) is 6.49. The highest BCUT2D eigenvalue weighted by Crippen LogP contribution is 2.22. The van der Waals surface area contributed by atoms with Gasteiger partial charge in [0.1, 0.15) is 11.4 Å². The molecule has 5 nitrogen and oxygen atoms in total. The van der Waals surface area contributed by atoms with E-state index < -0.39 is 11.7 Å². The normalized spacial score (nSPS) is 16.2. The van der Waals surface area contributed by atoms with Crippen molar-refractivity contribution in [3.05, 3.63) is 24.0 Å². The molecule has 1 aromatic rings. The Kier molecular flexibility index (Phi) is 5.24. The second-order valence-corrected chi connectivity index (χ2v) is 6.49. The van der Waals surface area contributed by atoms with Crippen molar-refractivity contribution in [3.8, 4) is 0 Å². The number of piperidine rings is 1. The van der Waals surface area contributed by atoms with Crippen LogP contribution in [0.15, 0.2) is 18.2 Å². The molecule has 0 atom stereocenters. The molecule has 0 aliphatic carbocycles. The Morgan fingerprint density at radius 3 is 2.64 bits per heavy atom.